The van der Waals surface area contributed by atoms with Crippen LogP contribution in [-0.2, 0) is 11.8 Å². The zero-order chi connectivity index (χ0) is 15.5. The first-order valence-corrected chi connectivity index (χ1v) is 7.52. The first-order valence-electron chi connectivity index (χ1n) is 6.71. The van der Waals surface area contributed by atoms with E-state index in [4.69, 9.17) is 4.74 Å². The summed E-state index contributed by atoms with van der Waals surface area (Å²) in [6, 6.07) is 11.3. The van der Waals surface area contributed by atoms with E-state index in [1.54, 1.807) is 7.11 Å². The maximum absolute atomic E-state index is 12.0. The molecule has 0 aliphatic carbocycles. The third-order valence-electron chi connectivity index (χ3n) is 3.22. The zero-order valence-corrected chi connectivity index (χ0v) is 13.1. The van der Waals surface area contributed by atoms with Crippen LogP contribution in [0.1, 0.15) is 5.69 Å². The minimum atomic E-state index is -0.126. The van der Waals surface area contributed by atoms with E-state index in [-0.39, 0.29) is 5.91 Å². The van der Waals surface area contributed by atoms with Crippen molar-refractivity contribution in [3.05, 3.63) is 53.2 Å². The number of hydrogen-bond acceptors (Lipinski definition) is 4. The summed E-state index contributed by atoms with van der Waals surface area (Å²) in [5.41, 5.74) is 1.74. The number of amides is 1. The van der Waals surface area contributed by atoms with Gasteiger partial charge in [-0.3, -0.25) is 4.79 Å². The van der Waals surface area contributed by atoms with Gasteiger partial charge in [0.05, 0.1) is 17.7 Å². The minimum absolute atomic E-state index is 0.126. The molecule has 1 N–H and O–H groups in total. The number of carbonyl (C=O) groups excluding carboxylic acids is 1. The number of hydrogen-bond donors (Lipinski definition) is 1. The Bertz CT molecular complexity index is 760. The number of aryl methyl sites for hydroxylation is 1. The predicted octanol–water partition coefficient (Wildman–Crippen LogP) is 2.93. The van der Waals surface area contributed by atoms with E-state index in [9.17, 15) is 4.79 Å². The van der Waals surface area contributed by atoms with Gasteiger partial charge in [0, 0.05) is 18.9 Å². The molecule has 1 aromatic carbocycles. The molecule has 0 spiro atoms. The number of benzene rings is 1. The highest BCUT2D eigenvalue weighted by Gasteiger charge is 2.24. The SMILES string of the molecule is COc1ccc(N=C2NC(=O)C(=Cc3cccn3C)S2)cc1. The number of amidine groups is 1. The molecule has 6 heteroatoms. The number of nitrogens with zero attached hydrogens (tertiary/aromatic N) is 2. The Kier molecular flexibility index (Phi) is 4.02. The Morgan fingerprint density at radius 3 is 2.68 bits per heavy atom. The number of carbonyl (C=O) groups is 1. The summed E-state index contributed by atoms with van der Waals surface area (Å²) in [7, 11) is 3.56. The Labute approximate surface area is 132 Å². The van der Waals surface area contributed by atoms with Crippen LogP contribution in [0.3, 0.4) is 0 Å². The molecular formula is C16H15N3O2S. The highest BCUT2D eigenvalue weighted by Crippen LogP contribution is 2.28. The highest BCUT2D eigenvalue weighted by atomic mass is 32.2. The maximum Gasteiger partial charge on any atom is 0.264 e. The van der Waals surface area contributed by atoms with Crippen molar-refractivity contribution in [2.75, 3.05) is 7.11 Å². The van der Waals surface area contributed by atoms with Crippen LogP contribution in [-0.4, -0.2) is 22.8 Å². The van der Waals surface area contributed by atoms with Gasteiger partial charge in [-0.05, 0) is 54.2 Å². The van der Waals surface area contributed by atoms with Crippen molar-refractivity contribution < 1.29 is 9.53 Å². The fourth-order valence-corrected chi connectivity index (χ4v) is 2.84. The Hall–Kier alpha value is -2.47. The summed E-state index contributed by atoms with van der Waals surface area (Å²) in [4.78, 5) is 17.1. The van der Waals surface area contributed by atoms with Crippen molar-refractivity contribution in [1.82, 2.24) is 9.88 Å². The van der Waals surface area contributed by atoms with Crippen molar-refractivity contribution in [3.63, 3.8) is 0 Å². The lowest BCUT2D eigenvalue weighted by molar-refractivity contribution is -0.115. The molecular weight excluding hydrogens is 298 g/mol. The molecule has 2 aromatic rings. The van der Waals surface area contributed by atoms with Crippen LogP contribution in [0.2, 0.25) is 0 Å². The molecule has 1 aromatic heterocycles. The normalized spacial score (nSPS) is 18.0. The third kappa shape index (κ3) is 3.07. The molecule has 5 nitrogen and oxygen atoms in total. The average Bonchev–Trinajstić information content (AvgIpc) is 3.07. The standard InChI is InChI=1S/C16H15N3O2S/c1-19-9-3-4-12(19)10-14-15(20)18-16(22-14)17-11-5-7-13(21-2)8-6-11/h3-10H,1-2H3,(H,17,18,20). The number of rotatable bonds is 3. The lowest BCUT2D eigenvalue weighted by atomic mass is 10.3. The molecule has 0 unspecified atom stereocenters. The van der Waals surface area contributed by atoms with Gasteiger partial charge in [-0.1, -0.05) is 0 Å². The largest absolute Gasteiger partial charge is 0.497 e. The smallest absolute Gasteiger partial charge is 0.264 e. The number of aliphatic imine (C=N–C) groups is 1. The van der Waals surface area contributed by atoms with Crippen LogP contribution in [0.4, 0.5) is 5.69 Å². The first-order chi connectivity index (χ1) is 10.7. The number of nitrogens with one attached hydrogen (secondary N) is 1. The van der Waals surface area contributed by atoms with Gasteiger partial charge >= 0.3 is 0 Å². The maximum atomic E-state index is 12.0. The molecule has 1 aliphatic heterocycles. The van der Waals surface area contributed by atoms with Gasteiger partial charge < -0.3 is 14.6 Å². The van der Waals surface area contributed by atoms with Crippen molar-refractivity contribution >= 4 is 34.6 Å². The van der Waals surface area contributed by atoms with E-state index >= 15 is 0 Å². The predicted molar refractivity (Wildman–Crippen MR) is 89.2 cm³/mol. The molecule has 1 saturated heterocycles. The molecule has 112 valence electrons. The van der Waals surface area contributed by atoms with E-state index in [1.807, 2.05) is 60.3 Å². The van der Waals surface area contributed by atoms with Crippen LogP contribution >= 0.6 is 11.8 Å². The molecule has 0 bridgehead atoms. The van der Waals surface area contributed by atoms with Crippen molar-refractivity contribution in [1.29, 1.82) is 0 Å². The first kappa shape index (κ1) is 14.5. The fourth-order valence-electron chi connectivity index (χ4n) is 2.01. The molecule has 1 fully saturated rings. The second-order valence-electron chi connectivity index (χ2n) is 4.72. The number of thioether (sulfide) groups is 1. The molecule has 0 saturated carbocycles. The summed E-state index contributed by atoms with van der Waals surface area (Å²) < 4.78 is 7.07. The quantitative estimate of drug-likeness (QED) is 0.887. The van der Waals surface area contributed by atoms with Gasteiger partial charge in [-0.15, -0.1) is 0 Å². The van der Waals surface area contributed by atoms with Gasteiger partial charge in [0.1, 0.15) is 5.75 Å². The van der Waals surface area contributed by atoms with Crippen LogP contribution < -0.4 is 10.1 Å². The van der Waals surface area contributed by atoms with Gasteiger partial charge in [-0.25, -0.2) is 4.99 Å². The Balaban J connectivity index is 1.80. The van der Waals surface area contributed by atoms with Gasteiger partial charge in [0.25, 0.3) is 5.91 Å². The topological polar surface area (TPSA) is 55.6 Å². The van der Waals surface area contributed by atoms with Gasteiger partial charge in [-0.2, -0.15) is 0 Å². The summed E-state index contributed by atoms with van der Waals surface area (Å²) in [5.74, 6) is 0.648. The van der Waals surface area contributed by atoms with Gasteiger partial charge in [0.2, 0.25) is 0 Å². The summed E-state index contributed by atoms with van der Waals surface area (Å²) in [5, 5.41) is 3.36. The lowest BCUT2D eigenvalue weighted by Crippen LogP contribution is -2.19. The summed E-state index contributed by atoms with van der Waals surface area (Å²) in [6.45, 7) is 0. The molecule has 0 radical (unpaired) electrons. The molecule has 2 heterocycles. The van der Waals surface area contributed by atoms with Crippen molar-refractivity contribution in [2.45, 2.75) is 0 Å². The van der Waals surface area contributed by atoms with E-state index in [2.05, 4.69) is 10.3 Å². The second kappa shape index (κ2) is 6.11. The van der Waals surface area contributed by atoms with E-state index in [1.165, 1.54) is 11.8 Å². The Morgan fingerprint density at radius 1 is 1.27 bits per heavy atom. The highest BCUT2D eigenvalue weighted by molar-refractivity contribution is 8.18. The number of methoxy groups -OCH3 is 1. The lowest BCUT2D eigenvalue weighted by Gasteiger charge is -1.99. The van der Waals surface area contributed by atoms with Crippen LogP contribution in [0.25, 0.3) is 6.08 Å². The van der Waals surface area contributed by atoms with Gasteiger partial charge in [0.15, 0.2) is 5.17 Å². The molecule has 3 rings (SSSR count). The monoisotopic (exact) mass is 313 g/mol. The fraction of sp³-hybridized carbons (Fsp3) is 0.125. The molecule has 1 amide bonds. The third-order valence-corrected chi connectivity index (χ3v) is 4.13. The van der Waals surface area contributed by atoms with E-state index in [0.29, 0.717) is 10.1 Å². The minimum Gasteiger partial charge on any atom is -0.497 e. The molecule has 1 aliphatic rings. The molecule has 0 atom stereocenters. The van der Waals surface area contributed by atoms with Crippen LogP contribution in [0, 0.1) is 0 Å². The van der Waals surface area contributed by atoms with E-state index in [0.717, 1.165) is 17.1 Å². The molecule has 22 heavy (non-hydrogen) atoms. The summed E-state index contributed by atoms with van der Waals surface area (Å²) in [6.07, 6.45) is 3.80. The number of aromatic nitrogens is 1. The summed E-state index contributed by atoms with van der Waals surface area (Å²) >= 11 is 1.34. The average molecular weight is 313 g/mol. The van der Waals surface area contributed by atoms with Crippen molar-refractivity contribution in [2.24, 2.45) is 12.0 Å². The number of ether oxygens (including phenoxy) is 1. The van der Waals surface area contributed by atoms with E-state index < -0.39 is 0 Å². The second-order valence-corrected chi connectivity index (χ2v) is 5.75. The zero-order valence-electron chi connectivity index (χ0n) is 12.2. The van der Waals surface area contributed by atoms with Crippen molar-refractivity contribution in [3.8, 4) is 5.75 Å². The van der Waals surface area contributed by atoms with Crippen LogP contribution in [0.15, 0.2) is 52.5 Å². The Morgan fingerprint density at radius 2 is 2.05 bits per heavy atom. The van der Waals surface area contributed by atoms with Crippen LogP contribution in [0.5, 0.6) is 5.75 Å².